The highest BCUT2D eigenvalue weighted by Crippen LogP contribution is 2.21. The number of benzene rings is 1. The zero-order valence-electron chi connectivity index (χ0n) is 15.3. The Hall–Kier alpha value is -1.47. The van der Waals surface area contributed by atoms with E-state index in [0.717, 1.165) is 38.0 Å². The number of hydrogen-bond donors (Lipinski definition) is 2. The molecule has 1 aliphatic rings. The molecule has 0 radical (unpaired) electrons. The van der Waals surface area contributed by atoms with E-state index in [4.69, 9.17) is 10.5 Å². The van der Waals surface area contributed by atoms with Crippen molar-refractivity contribution in [3.63, 3.8) is 0 Å². The van der Waals surface area contributed by atoms with Crippen LogP contribution in [0.3, 0.4) is 0 Å². The van der Waals surface area contributed by atoms with Crippen LogP contribution in [0.4, 0.5) is 0 Å². The van der Waals surface area contributed by atoms with Crippen molar-refractivity contribution in [1.29, 1.82) is 0 Å². The molecule has 25 heavy (non-hydrogen) atoms. The van der Waals surface area contributed by atoms with Gasteiger partial charge in [0.2, 0.25) is 5.91 Å². The van der Waals surface area contributed by atoms with E-state index in [1.807, 2.05) is 37.4 Å². The van der Waals surface area contributed by atoms with Crippen LogP contribution in [0.1, 0.15) is 24.5 Å². The largest absolute Gasteiger partial charge is 0.387 e. The number of nitrogens with two attached hydrogens (primary N) is 1. The van der Waals surface area contributed by atoms with Gasteiger partial charge in [-0.25, -0.2) is 0 Å². The molecule has 1 aliphatic heterocycles. The molecular formula is C19H31N3O3. The molecule has 6 heteroatoms. The average molecular weight is 349 g/mol. The molecule has 0 spiro atoms. The minimum atomic E-state index is -0.587. The van der Waals surface area contributed by atoms with Gasteiger partial charge in [-0.05, 0) is 37.4 Å². The summed E-state index contributed by atoms with van der Waals surface area (Å²) >= 11 is 0. The summed E-state index contributed by atoms with van der Waals surface area (Å²) in [6.07, 6.45) is 1.60. The van der Waals surface area contributed by atoms with E-state index in [1.165, 1.54) is 0 Å². The standard InChI is InChI=1S/C19H31N3O3/c1-21(19(24)17(20)14-25-2)12-15-8-10-22(11-9-15)13-18(23)16-6-4-3-5-7-16/h3-7,15,17-18,23H,8-14,20H2,1-2H3. The van der Waals surface area contributed by atoms with E-state index >= 15 is 0 Å². The molecule has 0 bridgehead atoms. The molecule has 1 aromatic carbocycles. The number of piperidine rings is 1. The Morgan fingerprint density at radius 2 is 2.00 bits per heavy atom. The van der Waals surface area contributed by atoms with Crippen LogP contribution in [0.2, 0.25) is 0 Å². The SMILES string of the molecule is COCC(N)C(=O)N(C)CC1CCN(CC(O)c2ccccc2)CC1. The number of methoxy groups -OCH3 is 1. The first-order valence-electron chi connectivity index (χ1n) is 8.96. The van der Waals surface area contributed by atoms with E-state index < -0.39 is 12.1 Å². The third-order valence-electron chi connectivity index (χ3n) is 4.89. The number of amides is 1. The van der Waals surface area contributed by atoms with E-state index in [2.05, 4.69) is 4.90 Å². The minimum absolute atomic E-state index is 0.0659. The quantitative estimate of drug-likeness (QED) is 0.728. The molecule has 1 aromatic rings. The summed E-state index contributed by atoms with van der Waals surface area (Å²) in [4.78, 5) is 16.2. The fourth-order valence-corrected chi connectivity index (χ4v) is 3.39. The molecule has 3 N–H and O–H groups in total. The molecule has 2 atom stereocenters. The van der Waals surface area contributed by atoms with Crippen molar-refractivity contribution in [3.05, 3.63) is 35.9 Å². The Balaban J connectivity index is 1.73. The fraction of sp³-hybridized carbons (Fsp3) is 0.632. The lowest BCUT2D eigenvalue weighted by Crippen LogP contribution is -2.47. The molecule has 0 saturated carbocycles. The third-order valence-corrected chi connectivity index (χ3v) is 4.89. The average Bonchev–Trinajstić information content (AvgIpc) is 2.63. The van der Waals surface area contributed by atoms with Gasteiger partial charge >= 0.3 is 0 Å². The lowest BCUT2D eigenvalue weighted by atomic mass is 9.95. The van der Waals surface area contributed by atoms with E-state index in [-0.39, 0.29) is 12.5 Å². The normalized spacial score (nSPS) is 18.7. The second kappa shape index (κ2) is 9.87. The van der Waals surface area contributed by atoms with E-state index in [9.17, 15) is 9.90 Å². The maximum Gasteiger partial charge on any atom is 0.241 e. The summed E-state index contributed by atoms with van der Waals surface area (Å²) in [6, 6.07) is 9.19. The highest BCUT2D eigenvalue weighted by molar-refractivity contribution is 5.81. The predicted molar refractivity (Wildman–Crippen MR) is 98.1 cm³/mol. The summed E-state index contributed by atoms with van der Waals surface area (Å²) in [5.74, 6) is 0.414. The monoisotopic (exact) mass is 349 g/mol. The van der Waals surface area contributed by atoms with Gasteiger partial charge in [-0.3, -0.25) is 4.79 Å². The van der Waals surface area contributed by atoms with Gasteiger partial charge in [0.05, 0.1) is 12.7 Å². The van der Waals surface area contributed by atoms with Gasteiger partial charge in [0.1, 0.15) is 6.04 Å². The van der Waals surface area contributed by atoms with Crippen LogP contribution < -0.4 is 5.73 Å². The third kappa shape index (κ3) is 6.08. The second-order valence-corrected chi connectivity index (χ2v) is 6.95. The lowest BCUT2D eigenvalue weighted by Gasteiger charge is -2.35. The summed E-state index contributed by atoms with van der Waals surface area (Å²) in [5.41, 5.74) is 6.77. The minimum Gasteiger partial charge on any atom is -0.387 e. The van der Waals surface area contributed by atoms with Crippen LogP contribution in [-0.2, 0) is 9.53 Å². The molecule has 1 fully saturated rings. The van der Waals surface area contributed by atoms with Crippen molar-refractivity contribution < 1.29 is 14.6 Å². The lowest BCUT2D eigenvalue weighted by molar-refractivity contribution is -0.133. The number of carbonyl (C=O) groups excluding carboxylic acids is 1. The molecular weight excluding hydrogens is 318 g/mol. The molecule has 1 amide bonds. The van der Waals surface area contributed by atoms with Gasteiger partial charge in [-0.2, -0.15) is 0 Å². The van der Waals surface area contributed by atoms with Gasteiger partial charge in [-0.15, -0.1) is 0 Å². The summed E-state index contributed by atoms with van der Waals surface area (Å²) in [7, 11) is 3.36. The van der Waals surface area contributed by atoms with E-state index in [1.54, 1.807) is 12.0 Å². The summed E-state index contributed by atoms with van der Waals surface area (Å²) in [5, 5.41) is 10.3. The Morgan fingerprint density at radius 3 is 2.60 bits per heavy atom. The van der Waals surface area contributed by atoms with Gasteiger partial charge in [0, 0.05) is 27.2 Å². The van der Waals surface area contributed by atoms with Crippen molar-refractivity contribution in [2.75, 3.05) is 46.9 Å². The van der Waals surface area contributed by atoms with Gasteiger partial charge in [0.15, 0.2) is 0 Å². The number of ether oxygens (including phenoxy) is 1. The van der Waals surface area contributed by atoms with Crippen LogP contribution >= 0.6 is 0 Å². The number of carbonyl (C=O) groups is 1. The first-order valence-corrected chi connectivity index (χ1v) is 8.96. The zero-order chi connectivity index (χ0) is 18.2. The maximum atomic E-state index is 12.2. The topological polar surface area (TPSA) is 79.0 Å². The van der Waals surface area contributed by atoms with Crippen LogP contribution in [0.15, 0.2) is 30.3 Å². The number of β-amino-alcohol motifs (C(OH)–C–C–N with tert-alkyl or cyclic N) is 1. The Bertz CT molecular complexity index is 518. The molecule has 0 aliphatic carbocycles. The summed E-state index contributed by atoms with van der Waals surface area (Å²) in [6.45, 7) is 3.52. The number of rotatable bonds is 8. The number of aliphatic hydroxyl groups excluding tert-OH is 1. The number of nitrogens with zero attached hydrogens (tertiary/aromatic N) is 2. The fourth-order valence-electron chi connectivity index (χ4n) is 3.39. The zero-order valence-corrected chi connectivity index (χ0v) is 15.3. The van der Waals surface area contributed by atoms with Crippen LogP contribution in [0, 0.1) is 5.92 Å². The molecule has 2 rings (SSSR count). The predicted octanol–water partition coefficient (Wildman–Crippen LogP) is 0.864. The first kappa shape index (κ1) is 19.8. The van der Waals surface area contributed by atoms with Crippen molar-refractivity contribution in [2.45, 2.75) is 25.0 Å². The van der Waals surface area contributed by atoms with Crippen molar-refractivity contribution in [3.8, 4) is 0 Å². The molecule has 2 unspecified atom stereocenters. The highest BCUT2D eigenvalue weighted by atomic mass is 16.5. The molecule has 140 valence electrons. The Kier molecular flexibility index (Phi) is 7.84. The molecule has 1 heterocycles. The van der Waals surface area contributed by atoms with Crippen LogP contribution in [0.25, 0.3) is 0 Å². The number of likely N-dealkylation sites (N-methyl/N-ethyl adjacent to an activating group) is 1. The highest BCUT2D eigenvalue weighted by Gasteiger charge is 2.25. The van der Waals surface area contributed by atoms with Gasteiger partial charge in [-0.1, -0.05) is 30.3 Å². The van der Waals surface area contributed by atoms with Gasteiger partial charge < -0.3 is 25.4 Å². The summed E-state index contributed by atoms with van der Waals surface area (Å²) < 4.78 is 4.95. The van der Waals surface area contributed by atoms with E-state index in [0.29, 0.717) is 12.5 Å². The van der Waals surface area contributed by atoms with Gasteiger partial charge in [0.25, 0.3) is 0 Å². The number of likely N-dealkylation sites (tertiary alicyclic amines) is 1. The molecule has 1 saturated heterocycles. The Morgan fingerprint density at radius 1 is 1.36 bits per heavy atom. The molecule has 0 aromatic heterocycles. The number of hydrogen-bond acceptors (Lipinski definition) is 5. The van der Waals surface area contributed by atoms with Crippen LogP contribution in [0.5, 0.6) is 0 Å². The van der Waals surface area contributed by atoms with Crippen molar-refractivity contribution in [2.24, 2.45) is 11.7 Å². The molecule has 6 nitrogen and oxygen atoms in total. The van der Waals surface area contributed by atoms with Crippen molar-refractivity contribution >= 4 is 5.91 Å². The number of aliphatic hydroxyl groups is 1. The maximum absolute atomic E-state index is 12.2. The smallest absolute Gasteiger partial charge is 0.241 e. The Labute approximate surface area is 150 Å². The van der Waals surface area contributed by atoms with Crippen molar-refractivity contribution in [1.82, 2.24) is 9.80 Å². The second-order valence-electron chi connectivity index (χ2n) is 6.95. The first-order chi connectivity index (χ1) is 12.0. The van der Waals surface area contributed by atoms with Crippen LogP contribution in [-0.4, -0.2) is 73.8 Å².